The van der Waals surface area contributed by atoms with Gasteiger partial charge in [-0.3, -0.25) is 10.1 Å². The quantitative estimate of drug-likeness (QED) is 0.666. The Morgan fingerprint density at radius 3 is 2.75 bits per heavy atom. The third-order valence-electron chi connectivity index (χ3n) is 3.31. The highest BCUT2D eigenvalue weighted by molar-refractivity contribution is 7.89. The predicted molar refractivity (Wildman–Crippen MR) is 74.1 cm³/mol. The van der Waals surface area contributed by atoms with E-state index in [4.69, 9.17) is 17.3 Å². The molecule has 1 unspecified atom stereocenters. The number of non-ortho nitro benzene ring substituents is 1. The van der Waals surface area contributed by atoms with E-state index in [0.29, 0.717) is 13.0 Å². The molecular formula is C11H14ClN3O4S. The molecule has 2 rings (SSSR count). The summed E-state index contributed by atoms with van der Waals surface area (Å²) in [4.78, 5) is 9.89. The van der Waals surface area contributed by atoms with E-state index in [1.807, 2.05) is 0 Å². The lowest BCUT2D eigenvalue weighted by atomic mass is 10.2. The van der Waals surface area contributed by atoms with Crippen LogP contribution in [0.25, 0.3) is 0 Å². The first-order valence-corrected chi connectivity index (χ1v) is 7.85. The second-order valence-corrected chi connectivity index (χ2v) is 6.79. The molecule has 9 heteroatoms. The lowest BCUT2D eigenvalue weighted by Gasteiger charge is -2.23. The number of halogens is 1. The van der Waals surface area contributed by atoms with Crippen LogP contribution in [0.3, 0.4) is 0 Å². The first-order chi connectivity index (χ1) is 9.37. The van der Waals surface area contributed by atoms with Gasteiger partial charge in [0.1, 0.15) is 4.90 Å². The molecule has 1 fully saturated rings. The van der Waals surface area contributed by atoms with E-state index in [1.54, 1.807) is 0 Å². The molecule has 20 heavy (non-hydrogen) atoms. The Morgan fingerprint density at radius 1 is 1.50 bits per heavy atom. The Hall–Kier alpha value is -1.22. The summed E-state index contributed by atoms with van der Waals surface area (Å²) in [7, 11) is -3.77. The van der Waals surface area contributed by atoms with E-state index in [-0.39, 0.29) is 28.2 Å². The molecule has 0 amide bonds. The standard InChI is InChI=1S/C11H14ClN3O4S/c12-10-6-8(15(16)17)3-4-11(10)20(18,19)14-5-1-2-9(14)7-13/h3-4,6,9H,1-2,5,7,13H2. The number of nitrogens with zero attached hydrogens (tertiary/aromatic N) is 2. The van der Waals surface area contributed by atoms with Gasteiger partial charge in [0.05, 0.1) is 9.95 Å². The van der Waals surface area contributed by atoms with Crippen LogP contribution < -0.4 is 5.73 Å². The van der Waals surface area contributed by atoms with Crippen molar-refractivity contribution in [3.05, 3.63) is 33.3 Å². The number of nitrogens with two attached hydrogens (primary N) is 1. The molecule has 7 nitrogen and oxygen atoms in total. The molecule has 0 aliphatic carbocycles. The zero-order valence-electron chi connectivity index (χ0n) is 10.5. The fourth-order valence-corrected chi connectivity index (χ4v) is 4.52. The number of benzene rings is 1. The molecule has 1 atom stereocenters. The molecule has 1 aliphatic heterocycles. The fraction of sp³-hybridized carbons (Fsp3) is 0.455. The van der Waals surface area contributed by atoms with Gasteiger partial charge in [0.25, 0.3) is 5.69 Å². The minimum absolute atomic E-state index is 0.120. The number of hydrogen-bond acceptors (Lipinski definition) is 5. The molecule has 1 aromatic carbocycles. The van der Waals surface area contributed by atoms with Gasteiger partial charge in [0.15, 0.2) is 0 Å². The van der Waals surface area contributed by atoms with Crippen LogP contribution in [0.1, 0.15) is 12.8 Å². The summed E-state index contributed by atoms with van der Waals surface area (Å²) >= 11 is 5.89. The van der Waals surface area contributed by atoms with Crippen LogP contribution in [0, 0.1) is 10.1 Å². The maximum atomic E-state index is 12.5. The molecule has 1 heterocycles. The summed E-state index contributed by atoms with van der Waals surface area (Å²) in [6.45, 7) is 0.626. The van der Waals surface area contributed by atoms with Crippen LogP contribution in [0.15, 0.2) is 23.1 Å². The van der Waals surface area contributed by atoms with E-state index < -0.39 is 14.9 Å². The maximum Gasteiger partial charge on any atom is 0.271 e. The summed E-state index contributed by atoms with van der Waals surface area (Å²) in [5, 5.41) is 10.5. The largest absolute Gasteiger partial charge is 0.329 e. The molecule has 110 valence electrons. The lowest BCUT2D eigenvalue weighted by Crippen LogP contribution is -2.39. The number of rotatable bonds is 4. The summed E-state index contributed by atoms with van der Waals surface area (Å²) in [6.07, 6.45) is 1.45. The maximum absolute atomic E-state index is 12.5. The molecular weight excluding hydrogens is 306 g/mol. The lowest BCUT2D eigenvalue weighted by molar-refractivity contribution is -0.384. The van der Waals surface area contributed by atoms with Crippen molar-refractivity contribution in [2.75, 3.05) is 13.1 Å². The Balaban J connectivity index is 2.42. The third-order valence-corrected chi connectivity index (χ3v) is 5.74. The van der Waals surface area contributed by atoms with Gasteiger partial charge < -0.3 is 5.73 Å². The molecule has 0 bridgehead atoms. The van der Waals surface area contributed by atoms with Crippen LogP contribution in [0.2, 0.25) is 5.02 Å². The van der Waals surface area contributed by atoms with Crippen molar-refractivity contribution in [1.29, 1.82) is 0 Å². The topological polar surface area (TPSA) is 107 Å². The number of nitro benzene ring substituents is 1. The van der Waals surface area contributed by atoms with Crippen LogP contribution >= 0.6 is 11.6 Å². The van der Waals surface area contributed by atoms with Gasteiger partial charge in [-0.2, -0.15) is 4.31 Å². The molecule has 0 spiro atoms. The van der Waals surface area contributed by atoms with Gasteiger partial charge in [0.2, 0.25) is 10.0 Å². The summed E-state index contributed by atoms with van der Waals surface area (Å²) in [5.41, 5.74) is 5.33. The van der Waals surface area contributed by atoms with Crippen molar-refractivity contribution < 1.29 is 13.3 Å². The van der Waals surface area contributed by atoms with Gasteiger partial charge in [-0.15, -0.1) is 0 Å². The average Bonchev–Trinajstić information content (AvgIpc) is 2.87. The van der Waals surface area contributed by atoms with Crippen molar-refractivity contribution in [1.82, 2.24) is 4.31 Å². The van der Waals surface area contributed by atoms with Gasteiger partial charge in [0, 0.05) is 31.3 Å². The summed E-state index contributed by atoms with van der Waals surface area (Å²) in [6, 6.07) is 3.10. The van der Waals surface area contributed by atoms with E-state index in [9.17, 15) is 18.5 Å². The smallest absolute Gasteiger partial charge is 0.271 e. The van der Waals surface area contributed by atoms with E-state index in [2.05, 4.69) is 0 Å². The highest BCUT2D eigenvalue weighted by atomic mass is 35.5. The van der Waals surface area contributed by atoms with Crippen molar-refractivity contribution in [2.24, 2.45) is 5.73 Å². The zero-order valence-corrected chi connectivity index (χ0v) is 12.1. The van der Waals surface area contributed by atoms with Crippen LogP contribution in [-0.2, 0) is 10.0 Å². The SMILES string of the molecule is NCC1CCCN1S(=O)(=O)c1ccc([N+](=O)[O-])cc1Cl. The Kier molecular flexibility index (Phi) is 4.28. The molecule has 0 saturated carbocycles. The zero-order chi connectivity index (χ0) is 14.9. The second-order valence-electron chi connectivity index (χ2n) is 4.52. The highest BCUT2D eigenvalue weighted by Gasteiger charge is 2.35. The summed E-state index contributed by atoms with van der Waals surface area (Å²) in [5.74, 6) is 0. The molecule has 0 radical (unpaired) electrons. The average molecular weight is 320 g/mol. The monoisotopic (exact) mass is 319 g/mol. The van der Waals surface area contributed by atoms with Crippen molar-refractivity contribution in [3.63, 3.8) is 0 Å². The number of hydrogen-bond donors (Lipinski definition) is 1. The van der Waals surface area contributed by atoms with Crippen LogP contribution in [0.5, 0.6) is 0 Å². The first kappa shape index (κ1) is 15.2. The van der Waals surface area contributed by atoms with Gasteiger partial charge in [-0.05, 0) is 18.9 Å². The second kappa shape index (κ2) is 5.65. The minimum Gasteiger partial charge on any atom is -0.329 e. The number of sulfonamides is 1. The van der Waals surface area contributed by atoms with Crippen molar-refractivity contribution in [3.8, 4) is 0 Å². The minimum atomic E-state index is -3.77. The summed E-state index contributed by atoms with van der Waals surface area (Å²) < 4.78 is 26.4. The normalized spacial score (nSPS) is 20.2. The van der Waals surface area contributed by atoms with E-state index >= 15 is 0 Å². The Labute approximate surface area is 121 Å². The van der Waals surface area contributed by atoms with Crippen LogP contribution in [-0.4, -0.2) is 36.8 Å². The molecule has 1 aliphatic rings. The highest BCUT2D eigenvalue weighted by Crippen LogP contribution is 2.31. The van der Waals surface area contributed by atoms with Gasteiger partial charge in [-0.25, -0.2) is 8.42 Å². The molecule has 1 saturated heterocycles. The fourth-order valence-electron chi connectivity index (χ4n) is 2.30. The molecule has 2 N–H and O–H groups in total. The van der Waals surface area contributed by atoms with Crippen molar-refractivity contribution >= 4 is 27.3 Å². The first-order valence-electron chi connectivity index (χ1n) is 6.03. The predicted octanol–water partition coefficient (Wildman–Crippen LogP) is 1.36. The van der Waals surface area contributed by atoms with Crippen LogP contribution in [0.4, 0.5) is 5.69 Å². The number of nitro groups is 1. The molecule has 1 aromatic rings. The van der Waals surface area contributed by atoms with E-state index in [0.717, 1.165) is 18.6 Å². The van der Waals surface area contributed by atoms with Gasteiger partial charge in [-0.1, -0.05) is 11.6 Å². The third kappa shape index (κ3) is 2.64. The Morgan fingerprint density at radius 2 is 2.20 bits per heavy atom. The van der Waals surface area contributed by atoms with E-state index in [1.165, 1.54) is 10.4 Å². The molecule has 0 aromatic heterocycles. The Bertz CT molecular complexity index is 635. The van der Waals surface area contributed by atoms with Crippen molar-refractivity contribution in [2.45, 2.75) is 23.8 Å². The van der Waals surface area contributed by atoms with Gasteiger partial charge >= 0.3 is 0 Å².